The minimum absolute atomic E-state index is 0. The Morgan fingerprint density at radius 2 is 0.895 bits per heavy atom. The summed E-state index contributed by atoms with van der Waals surface area (Å²) in [4.78, 5) is 0. The summed E-state index contributed by atoms with van der Waals surface area (Å²) < 4.78 is 1.33. The summed E-state index contributed by atoms with van der Waals surface area (Å²) in [7, 11) is 0. The smallest absolute Gasteiger partial charge is 0.0786 e. The largest absolute Gasteiger partial charge is 1.00 e. The van der Waals surface area contributed by atoms with Crippen LogP contribution in [0.15, 0.2) is 0 Å². The first-order valence-corrected chi connectivity index (χ1v) is 8.59. The standard InChI is InChI=1S/C17H38N.ClH/c1-5-9-10-11-12-13-14-15-16-17-18(6-2,7-3)8-4;/h5-17H2,1-4H3;1H/q+1;/p-1. The van der Waals surface area contributed by atoms with E-state index in [1.807, 2.05) is 0 Å². The van der Waals surface area contributed by atoms with Gasteiger partial charge in [0.15, 0.2) is 0 Å². The van der Waals surface area contributed by atoms with E-state index in [2.05, 4.69) is 27.7 Å². The molecule has 118 valence electrons. The topological polar surface area (TPSA) is 0 Å². The zero-order chi connectivity index (χ0) is 13.7. The fraction of sp³-hybridized carbons (Fsp3) is 1.00. The predicted molar refractivity (Wildman–Crippen MR) is 84.0 cm³/mol. The lowest BCUT2D eigenvalue weighted by atomic mass is 10.1. The zero-order valence-electron chi connectivity index (χ0n) is 14.0. The quantitative estimate of drug-likeness (QED) is 0.361. The molecule has 0 heterocycles. The second-order valence-corrected chi connectivity index (χ2v) is 5.84. The molecule has 0 radical (unpaired) electrons. The molecule has 0 aromatic carbocycles. The van der Waals surface area contributed by atoms with Gasteiger partial charge in [-0.2, -0.15) is 0 Å². The van der Waals surface area contributed by atoms with Gasteiger partial charge in [-0.3, -0.25) is 0 Å². The van der Waals surface area contributed by atoms with Gasteiger partial charge in [0, 0.05) is 0 Å². The van der Waals surface area contributed by atoms with Gasteiger partial charge in [-0.1, -0.05) is 51.9 Å². The third-order valence-corrected chi connectivity index (χ3v) is 4.75. The minimum atomic E-state index is 0. The van der Waals surface area contributed by atoms with E-state index in [4.69, 9.17) is 0 Å². The molecule has 0 aromatic rings. The van der Waals surface area contributed by atoms with Crippen LogP contribution in [0, 0.1) is 0 Å². The number of unbranched alkanes of at least 4 members (excludes halogenated alkanes) is 8. The maximum Gasteiger partial charge on any atom is 0.0786 e. The Bertz CT molecular complexity index is 158. The van der Waals surface area contributed by atoms with E-state index in [1.54, 1.807) is 0 Å². The van der Waals surface area contributed by atoms with Crippen LogP contribution in [0.1, 0.15) is 85.5 Å². The summed E-state index contributed by atoms with van der Waals surface area (Å²) in [6.45, 7) is 14.7. The molecule has 0 spiro atoms. The van der Waals surface area contributed by atoms with Crippen LogP contribution in [0.3, 0.4) is 0 Å². The molecule has 0 fully saturated rings. The summed E-state index contributed by atoms with van der Waals surface area (Å²) in [6.07, 6.45) is 13.0. The molecule has 0 aromatic heterocycles. The molecule has 0 atom stereocenters. The van der Waals surface area contributed by atoms with Gasteiger partial charge in [-0.25, -0.2) is 0 Å². The van der Waals surface area contributed by atoms with E-state index < -0.39 is 0 Å². The molecule has 19 heavy (non-hydrogen) atoms. The molecular formula is C17H38ClN. The normalized spacial score (nSPS) is 11.4. The Labute approximate surface area is 129 Å². The lowest BCUT2D eigenvalue weighted by molar-refractivity contribution is -0.923. The predicted octanol–water partition coefficient (Wildman–Crippen LogP) is 2.40. The van der Waals surface area contributed by atoms with Crippen LogP contribution in [-0.2, 0) is 0 Å². The van der Waals surface area contributed by atoms with E-state index in [-0.39, 0.29) is 12.4 Å². The van der Waals surface area contributed by atoms with Crippen molar-refractivity contribution < 1.29 is 16.9 Å². The molecule has 0 aliphatic carbocycles. The lowest BCUT2D eigenvalue weighted by Gasteiger charge is -2.35. The first kappa shape index (κ1) is 21.5. The van der Waals surface area contributed by atoms with Gasteiger partial charge in [0.1, 0.15) is 0 Å². The second kappa shape index (κ2) is 14.7. The number of quaternary nitrogens is 1. The highest BCUT2D eigenvalue weighted by atomic mass is 35.5. The second-order valence-electron chi connectivity index (χ2n) is 5.84. The van der Waals surface area contributed by atoms with Crippen molar-refractivity contribution >= 4 is 0 Å². The first-order chi connectivity index (χ1) is 8.74. The van der Waals surface area contributed by atoms with Crippen molar-refractivity contribution in [3.8, 4) is 0 Å². The molecule has 0 bridgehead atoms. The number of hydrogen-bond acceptors (Lipinski definition) is 0. The number of halogens is 1. The van der Waals surface area contributed by atoms with Crippen LogP contribution >= 0.6 is 0 Å². The maximum absolute atomic E-state index is 2.35. The summed E-state index contributed by atoms with van der Waals surface area (Å²) in [5.41, 5.74) is 0. The fourth-order valence-corrected chi connectivity index (χ4v) is 2.90. The van der Waals surface area contributed by atoms with Crippen LogP contribution in [0.2, 0.25) is 0 Å². The average Bonchev–Trinajstić information content (AvgIpc) is 2.42. The SMILES string of the molecule is CCCCCCCCCCC[N+](CC)(CC)CC.[Cl-]. The monoisotopic (exact) mass is 291 g/mol. The highest BCUT2D eigenvalue weighted by molar-refractivity contribution is 4.47. The van der Waals surface area contributed by atoms with Crippen LogP contribution < -0.4 is 12.4 Å². The van der Waals surface area contributed by atoms with Crippen LogP contribution in [0.5, 0.6) is 0 Å². The van der Waals surface area contributed by atoms with E-state index in [9.17, 15) is 0 Å². The molecule has 0 rings (SSSR count). The van der Waals surface area contributed by atoms with Gasteiger partial charge in [0.05, 0.1) is 26.2 Å². The Hall–Kier alpha value is 0.250. The summed E-state index contributed by atoms with van der Waals surface area (Å²) in [6, 6.07) is 0. The van der Waals surface area contributed by atoms with Crippen molar-refractivity contribution in [3.05, 3.63) is 0 Å². The lowest BCUT2D eigenvalue weighted by Crippen LogP contribution is -3.00. The molecule has 0 aliphatic heterocycles. The molecule has 0 amide bonds. The van der Waals surface area contributed by atoms with Crippen molar-refractivity contribution in [1.29, 1.82) is 0 Å². The Balaban J connectivity index is 0. The summed E-state index contributed by atoms with van der Waals surface area (Å²) in [5, 5.41) is 0. The van der Waals surface area contributed by atoms with Gasteiger partial charge < -0.3 is 16.9 Å². The highest BCUT2D eigenvalue weighted by Gasteiger charge is 2.19. The van der Waals surface area contributed by atoms with Crippen LogP contribution in [0.4, 0.5) is 0 Å². The average molecular weight is 292 g/mol. The van der Waals surface area contributed by atoms with E-state index >= 15 is 0 Å². The minimum Gasteiger partial charge on any atom is -1.00 e. The molecule has 2 heteroatoms. The van der Waals surface area contributed by atoms with Crippen molar-refractivity contribution in [2.75, 3.05) is 26.2 Å². The molecule has 1 nitrogen and oxygen atoms in total. The van der Waals surface area contributed by atoms with E-state index in [1.165, 1.54) is 88.4 Å². The van der Waals surface area contributed by atoms with E-state index in [0.29, 0.717) is 0 Å². The van der Waals surface area contributed by atoms with Gasteiger partial charge in [0.25, 0.3) is 0 Å². The van der Waals surface area contributed by atoms with Crippen LogP contribution in [-0.4, -0.2) is 30.7 Å². The van der Waals surface area contributed by atoms with Gasteiger partial charge in [-0.15, -0.1) is 0 Å². The molecule has 0 saturated carbocycles. The maximum atomic E-state index is 2.35. The summed E-state index contributed by atoms with van der Waals surface area (Å²) >= 11 is 0. The number of rotatable bonds is 13. The van der Waals surface area contributed by atoms with Crippen molar-refractivity contribution in [1.82, 2.24) is 0 Å². The van der Waals surface area contributed by atoms with Crippen LogP contribution in [0.25, 0.3) is 0 Å². The zero-order valence-corrected chi connectivity index (χ0v) is 14.8. The van der Waals surface area contributed by atoms with Gasteiger partial charge >= 0.3 is 0 Å². The number of hydrogen-bond donors (Lipinski definition) is 0. The highest BCUT2D eigenvalue weighted by Crippen LogP contribution is 2.12. The third-order valence-electron chi connectivity index (χ3n) is 4.75. The molecule has 0 N–H and O–H groups in total. The van der Waals surface area contributed by atoms with Gasteiger partial charge in [0.2, 0.25) is 0 Å². The first-order valence-electron chi connectivity index (χ1n) is 8.59. The Morgan fingerprint density at radius 1 is 0.526 bits per heavy atom. The molecule has 0 aliphatic rings. The fourth-order valence-electron chi connectivity index (χ4n) is 2.90. The van der Waals surface area contributed by atoms with Crippen molar-refractivity contribution in [3.63, 3.8) is 0 Å². The van der Waals surface area contributed by atoms with E-state index in [0.717, 1.165) is 0 Å². The molecule has 0 saturated heterocycles. The third kappa shape index (κ3) is 10.7. The van der Waals surface area contributed by atoms with Gasteiger partial charge in [-0.05, 0) is 33.6 Å². The molecule has 0 unspecified atom stereocenters. The number of nitrogens with zero attached hydrogens (tertiary/aromatic N) is 1. The Kier molecular flexibility index (Phi) is 16.6. The molecular weight excluding hydrogens is 254 g/mol. The Morgan fingerprint density at radius 3 is 1.26 bits per heavy atom. The van der Waals surface area contributed by atoms with Crippen molar-refractivity contribution in [2.45, 2.75) is 85.5 Å². The van der Waals surface area contributed by atoms with Crippen molar-refractivity contribution in [2.24, 2.45) is 0 Å². The summed E-state index contributed by atoms with van der Waals surface area (Å²) in [5.74, 6) is 0.